The molecule has 0 aliphatic heterocycles. The van der Waals surface area contributed by atoms with Crippen molar-refractivity contribution >= 4 is 32.9 Å². The number of hydrogen-bond acceptors (Lipinski definition) is 3. The topological polar surface area (TPSA) is 44.1 Å². The monoisotopic (exact) mass is 254 g/mol. The normalized spacial score (nSPS) is 10.4. The van der Waals surface area contributed by atoms with Gasteiger partial charge in [-0.25, -0.2) is 4.79 Å². The Morgan fingerprint density at radius 3 is 3.07 bits per heavy atom. The Morgan fingerprint density at radius 2 is 2.36 bits per heavy atom. The van der Waals surface area contributed by atoms with Crippen molar-refractivity contribution in [3.05, 3.63) is 28.9 Å². The third-order valence-corrected chi connectivity index (χ3v) is 2.60. The van der Waals surface area contributed by atoms with Gasteiger partial charge in [0.1, 0.15) is 0 Å². The number of rotatable bonds is 0. The van der Waals surface area contributed by atoms with Crippen molar-refractivity contribution in [2.75, 3.05) is 7.11 Å². The maximum atomic E-state index is 11.3. The first kappa shape index (κ1) is 9.21. The van der Waals surface area contributed by atoms with E-state index in [4.69, 9.17) is 0 Å². The SMILES string of the molecule is COC(=O)n1ncc2c(Br)cccc21. The van der Waals surface area contributed by atoms with Crippen LogP contribution in [0.15, 0.2) is 28.9 Å². The van der Waals surface area contributed by atoms with E-state index in [9.17, 15) is 4.79 Å². The van der Waals surface area contributed by atoms with E-state index in [1.54, 1.807) is 6.20 Å². The zero-order valence-corrected chi connectivity index (χ0v) is 8.98. The molecule has 72 valence electrons. The molecule has 0 aliphatic carbocycles. The number of carbonyl (C=O) groups is 1. The maximum absolute atomic E-state index is 11.3. The summed E-state index contributed by atoms with van der Waals surface area (Å²) in [6.07, 6.45) is 1.13. The predicted octanol–water partition coefficient (Wildman–Crippen LogP) is 2.41. The summed E-state index contributed by atoms with van der Waals surface area (Å²) in [5.74, 6) is 0. The lowest BCUT2D eigenvalue weighted by atomic mass is 10.3. The molecule has 2 rings (SSSR count). The fraction of sp³-hybridized carbons (Fsp3) is 0.111. The van der Waals surface area contributed by atoms with Gasteiger partial charge < -0.3 is 4.74 Å². The summed E-state index contributed by atoms with van der Waals surface area (Å²) in [5.41, 5.74) is 0.728. The molecular weight excluding hydrogens is 248 g/mol. The lowest BCUT2D eigenvalue weighted by Crippen LogP contribution is -2.12. The van der Waals surface area contributed by atoms with Crippen molar-refractivity contribution in [3.63, 3.8) is 0 Å². The molecule has 0 saturated heterocycles. The number of carbonyl (C=O) groups excluding carboxylic acids is 1. The first-order valence-electron chi connectivity index (χ1n) is 3.94. The highest BCUT2D eigenvalue weighted by Crippen LogP contribution is 2.23. The summed E-state index contributed by atoms with van der Waals surface area (Å²) in [5, 5.41) is 4.83. The van der Waals surface area contributed by atoms with Crippen molar-refractivity contribution in [3.8, 4) is 0 Å². The van der Waals surface area contributed by atoms with Gasteiger partial charge in [-0.05, 0) is 12.1 Å². The Kier molecular flexibility index (Phi) is 2.25. The van der Waals surface area contributed by atoms with E-state index in [1.807, 2.05) is 18.2 Å². The molecule has 0 amide bonds. The average molecular weight is 255 g/mol. The highest BCUT2D eigenvalue weighted by Gasteiger charge is 2.10. The Bertz CT molecular complexity index is 493. The van der Waals surface area contributed by atoms with Crippen LogP contribution in [0.25, 0.3) is 10.9 Å². The van der Waals surface area contributed by atoms with Crippen molar-refractivity contribution < 1.29 is 9.53 Å². The van der Waals surface area contributed by atoms with Crippen molar-refractivity contribution in [2.24, 2.45) is 0 Å². The molecule has 0 aliphatic rings. The number of methoxy groups -OCH3 is 1. The minimum atomic E-state index is -0.488. The van der Waals surface area contributed by atoms with Gasteiger partial charge in [-0.15, -0.1) is 0 Å². The molecule has 0 atom stereocenters. The first-order valence-corrected chi connectivity index (χ1v) is 4.74. The van der Waals surface area contributed by atoms with E-state index in [0.29, 0.717) is 0 Å². The van der Waals surface area contributed by atoms with Crippen LogP contribution < -0.4 is 0 Å². The van der Waals surface area contributed by atoms with Gasteiger partial charge in [0.05, 0.1) is 18.8 Å². The Balaban J connectivity index is 2.70. The second-order valence-electron chi connectivity index (χ2n) is 2.70. The van der Waals surface area contributed by atoms with Gasteiger partial charge in [0.15, 0.2) is 0 Å². The minimum absolute atomic E-state index is 0.488. The third-order valence-electron chi connectivity index (χ3n) is 1.91. The van der Waals surface area contributed by atoms with Crippen LogP contribution in [0.2, 0.25) is 0 Å². The van der Waals surface area contributed by atoms with E-state index >= 15 is 0 Å². The van der Waals surface area contributed by atoms with Gasteiger partial charge in [-0.2, -0.15) is 9.78 Å². The summed E-state index contributed by atoms with van der Waals surface area (Å²) in [4.78, 5) is 11.3. The molecule has 0 radical (unpaired) electrons. The molecule has 0 N–H and O–H groups in total. The van der Waals surface area contributed by atoms with Crippen molar-refractivity contribution in [1.29, 1.82) is 0 Å². The van der Waals surface area contributed by atoms with Crippen LogP contribution in [0.1, 0.15) is 0 Å². The number of hydrogen-bond donors (Lipinski definition) is 0. The summed E-state index contributed by atoms with van der Waals surface area (Å²) in [6, 6.07) is 5.54. The second kappa shape index (κ2) is 3.42. The highest BCUT2D eigenvalue weighted by atomic mass is 79.9. The summed E-state index contributed by atoms with van der Waals surface area (Å²) in [6.45, 7) is 0. The van der Waals surface area contributed by atoms with Gasteiger partial charge in [0.2, 0.25) is 0 Å². The highest BCUT2D eigenvalue weighted by molar-refractivity contribution is 9.10. The molecule has 0 bridgehead atoms. The van der Waals surface area contributed by atoms with Crippen LogP contribution in [-0.2, 0) is 4.74 Å². The fourth-order valence-corrected chi connectivity index (χ4v) is 1.71. The minimum Gasteiger partial charge on any atom is -0.451 e. The average Bonchev–Trinajstić information content (AvgIpc) is 2.62. The van der Waals surface area contributed by atoms with Crippen LogP contribution in [0.5, 0.6) is 0 Å². The molecule has 14 heavy (non-hydrogen) atoms. The number of fused-ring (bicyclic) bond motifs is 1. The molecule has 1 aromatic heterocycles. The maximum Gasteiger partial charge on any atom is 0.434 e. The molecule has 5 heteroatoms. The van der Waals surface area contributed by atoms with E-state index in [1.165, 1.54) is 11.8 Å². The Hall–Kier alpha value is -1.36. The summed E-state index contributed by atoms with van der Waals surface area (Å²) < 4.78 is 6.72. The lowest BCUT2D eigenvalue weighted by molar-refractivity contribution is 0.170. The van der Waals surface area contributed by atoms with Gasteiger partial charge in [0.25, 0.3) is 0 Å². The third kappa shape index (κ3) is 1.29. The van der Waals surface area contributed by atoms with E-state index in [2.05, 4.69) is 25.8 Å². The van der Waals surface area contributed by atoms with Gasteiger partial charge in [-0.1, -0.05) is 22.0 Å². The number of halogens is 1. The lowest BCUT2D eigenvalue weighted by Gasteiger charge is -1.99. The second-order valence-corrected chi connectivity index (χ2v) is 3.55. The van der Waals surface area contributed by atoms with Crippen LogP contribution in [0.3, 0.4) is 0 Å². The zero-order chi connectivity index (χ0) is 10.1. The van der Waals surface area contributed by atoms with Crippen LogP contribution in [-0.4, -0.2) is 23.0 Å². The fourth-order valence-electron chi connectivity index (χ4n) is 1.25. The Labute approximate surface area is 88.6 Å². The quantitative estimate of drug-likeness (QED) is 0.726. The molecule has 0 spiro atoms. The molecular formula is C9H7BrN2O2. The number of aromatic nitrogens is 2. The molecule has 4 nitrogen and oxygen atoms in total. The largest absolute Gasteiger partial charge is 0.451 e. The first-order chi connectivity index (χ1) is 6.74. The van der Waals surface area contributed by atoms with Crippen LogP contribution in [0.4, 0.5) is 4.79 Å². The number of nitrogens with zero attached hydrogens (tertiary/aromatic N) is 2. The predicted molar refractivity (Wildman–Crippen MR) is 55.2 cm³/mol. The van der Waals surface area contributed by atoms with E-state index in [0.717, 1.165) is 15.4 Å². The molecule has 0 fully saturated rings. The van der Waals surface area contributed by atoms with E-state index < -0.39 is 6.09 Å². The zero-order valence-electron chi connectivity index (χ0n) is 7.40. The standard InChI is InChI=1S/C9H7BrN2O2/c1-14-9(13)12-8-4-2-3-7(10)6(8)5-11-12/h2-5H,1H3. The van der Waals surface area contributed by atoms with Crippen LogP contribution >= 0.6 is 15.9 Å². The number of ether oxygens (including phenoxy) is 1. The van der Waals surface area contributed by atoms with Gasteiger partial charge in [-0.3, -0.25) is 0 Å². The van der Waals surface area contributed by atoms with Crippen molar-refractivity contribution in [2.45, 2.75) is 0 Å². The van der Waals surface area contributed by atoms with Crippen molar-refractivity contribution in [1.82, 2.24) is 9.78 Å². The molecule has 0 saturated carbocycles. The Morgan fingerprint density at radius 1 is 1.57 bits per heavy atom. The molecule has 1 heterocycles. The summed E-state index contributed by atoms with van der Waals surface area (Å²) in [7, 11) is 1.33. The van der Waals surface area contributed by atoms with Gasteiger partial charge in [0, 0.05) is 9.86 Å². The van der Waals surface area contributed by atoms with Crippen LogP contribution in [0, 0.1) is 0 Å². The van der Waals surface area contributed by atoms with E-state index in [-0.39, 0.29) is 0 Å². The number of benzene rings is 1. The molecule has 2 aromatic rings. The molecule has 0 unspecified atom stereocenters. The van der Waals surface area contributed by atoms with Gasteiger partial charge >= 0.3 is 6.09 Å². The smallest absolute Gasteiger partial charge is 0.434 e. The summed E-state index contributed by atoms with van der Waals surface area (Å²) >= 11 is 3.38. The molecule has 1 aromatic carbocycles.